The zero-order valence-electron chi connectivity index (χ0n) is 17.1. The van der Waals surface area contributed by atoms with Gasteiger partial charge in [0.05, 0.1) is 0 Å². The molecule has 0 amide bonds. The zero-order valence-corrected chi connectivity index (χ0v) is 17.9. The summed E-state index contributed by atoms with van der Waals surface area (Å²) < 4.78 is 1.31. The summed E-state index contributed by atoms with van der Waals surface area (Å²) in [6.07, 6.45) is 5.46. The topological polar surface area (TPSA) is 28.2 Å². The van der Waals surface area contributed by atoms with Crippen LogP contribution in [0.5, 0.6) is 0 Å². The highest BCUT2D eigenvalue weighted by atomic mass is 32.1. The number of pyridine rings is 1. The number of thiophene rings is 1. The number of hydrogen-bond donors (Lipinski definition) is 1. The Labute approximate surface area is 182 Å². The maximum Gasteiger partial charge on any atom is 0.137 e. The minimum atomic E-state index is 0.487. The normalized spacial score (nSPS) is 16.6. The first-order valence-electron chi connectivity index (χ1n) is 10.8. The van der Waals surface area contributed by atoms with E-state index in [-0.39, 0.29) is 0 Å². The molecule has 2 aromatic carbocycles. The molecular formula is C26H27N3S. The van der Waals surface area contributed by atoms with E-state index in [0.29, 0.717) is 6.04 Å². The van der Waals surface area contributed by atoms with Crippen molar-refractivity contribution in [2.24, 2.45) is 0 Å². The summed E-state index contributed by atoms with van der Waals surface area (Å²) in [4.78, 5) is 8.77. The van der Waals surface area contributed by atoms with E-state index >= 15 is 0 Å². The van der Waals surface area contributed by atoms with Gasteiger partial charge in [-0.05, 0) is 49.1 Å². The van der Waals surface area contributed by atoms with Crippen LogP contribution in [0.1, 0.15) is 18.4 Å². The fourth-order valence-corrected chi connectivity index (χ4v) is 5.43. The van der Waals surface area contributed by atoms with Crippen LogP contribution >= 0.6 is 11.3 Å². The summed E-state index contributed by atoms with van der Waals surface area (Å²) in [5, 5.41) is 4.87. The minimum absolute atomic E-state index is 0.487. The molecular weight excluding hydrogens is 386 g/mol. The largest absolute Gasteiger partial charge is 0.351 e. The Morgan fingerprint density at radius 3 is 2.57 bits per heavy atom. The Morgan fingerprint density at radius 2 is 1.80 bits per heavy atom. The molecule has 4 heteroatoms. The van der Waals surface area contributed by atoms with Crippen LogP contribution in [0.3, 0.4) is 0 Å². The van der Waals surface area contributed by atoms with Gasteiger partial charge in [0.15, 0.2) is 0 Å². The van der Waals surface area contributed by atoms with Gasteiger partial charge in [0, 0.05) is 40.3 Å². The number of benzene rings is 2. The van der Waals surface area contributed by atoms with Crippen LogP contribution in [0, 0.1) is 0 Å². The summed E-state index contributed by atoms with van der Waals surface area (Å²) in [6.45, 7) is 3.14. The average Bonchev–Trinajstić information content (AvgIpc) is 3.26. The van der Waals surface area contributed by atoms with Crippen molar-refractivity contribution in [3.63, 3.8) is 0 Å². The Kier molecular flexibility index (Phi) is 5.78. The lowest BCUT2D eigenvalue weighted by atomic mass is 10.0. The molecule has 1 saturated heterocycles. The van der Waals surface area contributed by atoms with E-state index in [4.69, 9.17) is 4.98 Å². The van der Waals surface area contributed by atoms with Crippen molar-refractivity contribution in [3.8, 4) is 10.4 Å². The lowest BCUT2D eigenvalue weighted by Crippen LogP contribution is -2.47. The molecule has 1 aliphatic rings. The SMILES string of the molecule is c1ccc(CCN(c2nccc3sc(-c4ccccc4)cc23)[C@H]2CCCNC2)cc1. The van der Waals surface area contributed by atoms with Crippen molar-refractivity contribution in [1.82, 2.24) is 10.3 Å². The smallest absolute Gasteiger partial charge is 0.137 e. The van der Waals surface area contributed by atoms with E-state index in [1.54, 1.807) is 0 Å². The fourth-order valence-electron chi connectivity index (χ4n) is 4.38. The Morgan fingerprint density at radius 1 is 1.00 bits per heavy atom. The van der Waals surface area contributed by atoms with Gasteiger partial charge in [-0.15, -0.1) is 11.3 Å². The number of anilines is 1. The first kappa shape index (κ1) is 19.3. The van der Waals surface area contributed by atoms with E-state index in [1.807, 2.05) is 17.5 Å². The van der Waals surface area contributed by atoms with Crippen molar-refractivity contribution in [2.75, 3.05) is 24.5 Å². The van der Waals surface area contributed by atoms with E-state index in [2.05, 4.69) is 83.0 Å². The van der Waals surface area contributed by atoms with Crippen LogP contribution in [0.2, 0.25) is 0 Å². The number of aromatic nitrogens is 1. The monoisotopic (exact) mass is 413 g/mol. The van der Waals surface area contributed by atoms with Gasteiger partial charge in [-0.1, -0.05) is 60.7 Å². The molecule has 1 aliphatic heterocycles. The highest BCUT2D eigenvalue weighted by Gasteiger charge is 2.24. The molecule has 5 rings (SSSR count). The molecule has 0 spiro atoms. The van der Waals surface area contributed by atoms with Crippen LogP contribution in [-0.4, -0.2) is 30.7 Å². The maximum atomic E-state index is 4.91. The van der Waals surface area contributed by atoms with Gasteiger partial charge in [-0.25, -0.2) is 4.98 Å². The van der Waals surface area contributed by atoms with Crippen LogP contribution in [-0.2, 0) is 6.42 Å². The van der Waals surface area contributed by atoms with Crippen LogP contribution in [0.15, 0.2) is 79.0 Å². The van der Waals surface area contributed by atoms with E-state index in [9.17, 15) is 0 Å². The van der Waals surface area contributed by atoms with Gasteiger partial charge in [0.2, 0.25) is 0 Å². The molecule has 0 unspecified atom stereocenters. The number of hydrogen-bond acceptors (Lipinski definition) is 4. The summed E-state index contributed by atoms with van der Waals surface area (Å²) in [5.41, 5.74) is 2.66. The van der Waals surface area contributed by atoms with Crippen molar-refractivity contribution in [3.05, 3.63) is 84.6 Å². The third kappa shape index (κ3) is 4.11. The second kappa shape index (κ2) is 8.99. The van der Waals surface area contributed by atoms with Crippen molar-refractivity contribution < 1.29 is 0 Å². The highest BCUT2D eigenvalue weighted by Crippen LogP contribution is 2.38. The highest BCUT2D eigenvalue weighted by molar-refractivity contribution is 7.22. The van der Waals surface area contributed by atoms with Gasteiger partial charge < -0.3 is 10.2 Å². The number of rotatable bonds is 6. The zero-order chi connectivity index (χ0) is 20.2. The molecule has 1 fully saturated rings. The van der Waals surface area contributed by atoms with Crippen LogP contribution in [0.25, 0.3) is 20.5 Å². The van der Waals surface area contributed by atoms with Gasteiger partial charge >= 0.3 is 0 Å². The second-order valence-electron chi connectivity index (χ2n) is 7.95. The minimum Gasteiger partial charge on any atom is -0.351 e. The van der Waals surface area contributed by atoms with Crippen LogP contribution in [0.4, 0.5) is 5.82 Å². The summed E-state index contributed by atoms with van der Waals surface area (Å²) in [6, 6.07) is 26.5. The maximum absolute atomic E-state index is 4.91. The standard InChI is InChI=1S/C26H27N3S/c1-3-8-20(9-4-1)14-17-29(22-12-7-15-27-19-22)26-23-18-25(21-10-5-2-6-11-21)30-24(23)13-16-28-26/h1-6,8-11,13,16,18,22,27H,7,12,14-15,17,19H2/t22-/m0/s1. The summed E-state index contributed by atoms with van der Waals surface area (Å²) in [7, 11) is 0. The molecule has 0 bridgehead atoms. The Hall–Kier alpha value is -2.69. The molecule has 0 aliphatic carbocycles. The van der Waals surface area contributed by atoms with Gasteiger partial charge in [-0.3, -0.25) is 0 Å². The predicted octanol–water partition coefficient (Wildman–Crippen LogP) is 5.76. The van der Waals surface area contributed by atoms with Gasteiger partial charge in [0.1, 0.15) is 5.82 Å². The molecule has 0 radical (unpaired) electrons. The second-order valence-corrected chi connectivity index (χ2v) is 9.04. The molecule has 0 saturated carbocycles. The third-order valence-corrected chi connectivity index (χ3v) is 7.10. The van der Waals surface area contributed by atoms with E-state index in [0.717, 1.165) is 31.9 Å². The molecule has 30 heavy (non-hydrogen) atoms. The van der Waals surface area contributed by atoms with Crippen molar-refractivity contribution in [1.29, 1.82) is 0 Å². The van der Waals surface area contributed by atoms with Crippen molar-refractivity contribution >= 4 is 27.2 Å². The average molecular weight is 414 g/mol. The van der Waals surface area contributed by atoms with Gasteiger partial charge in [-0.2, -0.15) is 0 Å². The predicted molar refractivity (Wildman–Crippen MR) is 128 cm³/mol. The molecule has 3 nitrogen and oxygen atoms in total. The number of nitrogens with one attached hydrogen (secondary N) is 1. The Bertz CT molecular complexity index is 1090. The number of nitrogens with zero attached hydrogens (tertiary/aromatic N) is 2. The molecule has 4 aromatic rings. The summed E-state index contributed by atoms with van der Waals surface area (Å²) in [5.74, 6) is 1.13. The Balaban J connectivity index is 1.51. The first-order valence-corrected chi connectivity index (χ1v) is 11.7. The summed E-state index contributed by atoms with van der Waals surface area (Å²) >= 11 is 1.86. The van der Waals surface area contributed by atoms with Gasteiger partial charge in [0.25, 0.3) is 0 Å². The van der Waals surface area contributed by atoms with E-state index < -0.39 is 0 Å². The van der Waals surface area contributed by atoms with E-state index in [1.165, 1.54) is 38.9 Å². The third-order valence-electron chi connectivity index (χ3n) is 5.95. The van der Waals surface area contributed by atoms with Crippen molar-refractivity contribution in [2.45, 2.75) is 25.3 Å². The molecule has 152 valence electrons. The van der Waals surface area contributed by atoms with Crippen LogP contribution < -0.4 is 10.2 Å². The lowest BCUT2D eigenvalue weighted by molar-refractivity contribution is 0.430. The fraction of sp³-hybridized carbons (Fsp3) is 0.269. The molecule has 3 heterocycles. The quantitative estimate of drug-likeness (QED) is 0.435. The molecule has 2 aromatic heterocycles. The first-order chi connectivity index (χ1) is 14.9. The number of piperidine rings is 1. The lowest BCUT2D eigenvalue weighted by Gasteiger charge is -2.36. The molecule has 1 atom stereocenters. The molecule has 1 N–H and O–H groups in total. The number of fused-ring (bicyclic) bond motifs is 1.